The fraction of sp³-hybridized carbons (Fsp3) is 0.600. The summed E-state index contributed by atoms with van der Waals surface area (Å²) in [5, 5.41) is 0. The number of amides is 1. The highest BCUT2D eigenvalue weighted by Crippen LogP contribution is 2.12. The Labute approximate surface area is 185 Å². The Morgan fingerprint density at radius 1 is 1.07 bits per heavy atom. The zero-order chi connectivity index (χ0) is 20.0. The first-order valence-electron chi connectivity index (χ1n) is 9.39. The van der Waals surface area contributed by atoms with Crippen molar-refractivity contribution in [3.8, 4) is 0 Å². The molecule has 2 N–H and O–H groups in total. The molecule has 0 aliphatic carbocycles. The second kappa shape index (κ2) is 10.8. The quantitative estimate of drug-likeness (QED) is 0.389. The molecule has 0 atom stereocenters. The zero-order valence-electron chi connectivity index (χ0n) is 17.6. The SMILES string of the molecule is CN(C)Cc1ccc(CN=C(N)N2CCN(C(=O)OC(C)(C)C)CC2)cc1.I. The van der Waals surface area contributed by atoms with Crippen LogP contribution in [0.1, 0.15) is 31.9 Å². The molecule has 0 unspecified atom stereocenters. The lowest BCUT2D eigenvalue weighted by Crippen LogP contribution is -2.53. The van der Waals surface area contributed by atoms with E-state index in [2.05, 4.69) is 48.3 Å². The van der Waals surface area contributed by atoms with Crippen molar-refractivity contribution in [3.05, 3.63) is 35.4 Å². The molecule has 0 radical (unpaired) electrons. The van der Waals surface area contributed by atoms with Gasteiger partial charge in [0.15, 0.2) is 5.96 Å². The number of benzene rings is 1. The third-order valence-corrected chi connectivity index (χ3v) is 4.20. The summed E-state index contributed by atoms with van der Waals surface area (Å²) in [5.41, 5.74) is 8.08. The summed E-state index contributed by atoms with van der Waals surface area (Å²) in [5.74, 6) is 0.524. The number of rotatable bonds is 4. The Hall–Kier alpha value is -1.55. The number of nitrogens with zero attached hydrogens (tertiary/aromatic N) is 4. The second-order valence-corrected chi connectivity index (χ2v) is 8.18. The normalized spacial score (nSPS) is 15.4. The van der Waals surface area contributed by atoms with Crippen LogP contribution in [0.25, 0.3) is 0 Å². The van der Waals surface area contributed by atoms with Gasteiger partial charge in [0.05, 0.1) is 6.54 Å². The molecule has 1 aliphatic rings. The van der Waals surface area contributed by atoms with E-state index < -0.39 is 5.60 Å². The molecule has 7 nitrogen and oxygen atoms in total. The van der Waals surface area contributed by atoms with Crippen LogP contribution >= 0.6 is 24.0 Å². The zero-order valence-corrected chi connectivity index (χ0v) is 20.0. The number of aliphatic imine (C=N–C) groups is 1. The molecule has 1 amide bonds. The minimum atomic E-state index is -0.475. The van der Waals surface area contributed by atoms with Gasteiger partial charge in [0.2, 0.25) is 0 Å². The monoisotopic (exact) mass is 503 g/mol. The van der Waals surface area contributed by atoms with Crippen LogP contribution < -0.4 is 5.73 Å². The van der Waals surface area contributed by atoms with Crippen molar-refractivity contribution in [1.29, 1.82) is 0 Å². The number of ether oxygens (including phenoxy) is 1. The molecule has 28 heavy (non-hydrogen) atoms. The summed E-state index contributed by atoms with van der Waals surface area (Å²) >= 11 is 0. The van der Waals surface area contributed by atoms with E-state index in [1.807, 2.05) is 25.7 Å². The molecule has 158 valence electrons. The summed E-state index contributed by atoms with van der Waals surface area (Å²) < 4.78 is 5.42. The number of guanidine groups is 1. The van der Waals surface area contributed by atoms with Crippen molar-refractivity contribution in [1.82, 2.24) is 14.7 Å². The molecule has 1 heterocycles. The fourth-order valence-corrected chi connectivity index (χ4v) is 2.83. The van der Waals surface area contributed by atoms with Gasteiger partial charge in [0.25, 0.3) is 0 Å². The van der Waals surface area contributed by atoms with Gasteiger partial charge in [0.1, 0.15) is 5.60 Å². The number of nitrogens with two attached hydrogens (primary N) is 1. The van der Waals surface area contributed by atoms with Gasteiger partial charge in [-0.1, -0.05) is 24.3 Å². The Bertz CT molecular complexity index is 648. The number of hydrogen-bond acceptors (Lipinski definition) is 4. The van der Waals surface area contributed by atoms with Crippen molar-refractivity contribution in [2.24, 2.45) is 10.7 Å². The first-order valence-corrected chi connectivity index (χ1v) is 9.39. The third-order valence-electron chi connectivity index (χ3n) is 4.20. The Kier molecular flexibility index (Phi) is 9.49. The van der Waals surface area contributed by atoms with Gasteiger partial charge in [-0.2, -0.15) is 0 Å². The van der Waals surface area contributed by atoms with Crippen molar-refractivity contribution in [3.63, 3.8) is 0 Å². The Balaban J connectivity index is 0.00000392. The van der Waals surface area contributed by atoms with Gasteiger partial charge in [-0.05, 0) is 46.0 Å². The summed E-state index contributed by atoms with van der Waals surface area (Å²) in [6.45, 7) is 9.60. The fourth-order valence-electron chi connectivity index (χ4n) is 2.83. The van der Waals surface area contributed by atoms with E-state index in [0.717, 1.165) is 12.1 Å². The van der Waals surface area contributed by atoms with E-state index in [9.17, 15) is 4.79 Å². The molecule has 1 aliphatic heterocycles. The van der Waals surface area contributed by atoms with Crippen molar-refractivity contribution >= 4 is 36.0 Å². The lowest BCUT2D eigenvalue weighted by molar-refractivity contribution is 0.0186. The summed E-state index contributed by atoms with van der Waals surface area (Å²) in [6, 6.07) is 8.44. The van der Waals surface area contributed by atoms with E-state index >= 15 is 0 Å². The molecule has 0 bridgehead atoms. The highest BCUT2D eigenvalue weighted by molar-refractivity contribution is 14.0. The van der Waals surface area contributed by atoms with Crippen LogP contribution in [0, 0.1) is 0 Å². The number of carbonyl (C=O) groups excluding carboxylic acids is 1. The minimum absolute atomic E-state index is 0. The molecule has 2 rings (SSSR count). The van der Waals surface area contributed by atoms with Crippen molar-refractivity contribution in [2.45, 2.75) is 39.5 Å². The third kappa shape index (κ3) is 8.22. The highest BCUT2D eigenvalue weighted by Gasteiger charge is 2.26. The maximum absolute atomic E-state index is 12.1. The lowest BCUT2D eigenvalue weighted by atomic mass is 10.1. The maximum atomic E-state index is 12.1. The first kappa shape index (κ1) is 24.5. The lowest BCUT2D eigenvalue weighted by Gasteiger charge is -2.36. The molecule has 0 saturated carbocycles. The largest absolute Gasteiger partial charge is 0.444 e. The molecule has 8 heteroatoms. The van der Waals surface area contributed by atoms with Crippen LogP contribution in [0.2, 0.25) is 0 Å². The van der Waals surface area contributed by atoms with Crippen molar-refractivity contribution < 1.29 is 9.53 Å². The molecule has 0 spiro atoms. The number of hydrogen-bond donors (Lipinski definition) is 1. The van der Waals surface area contributed by atoms with Gasteiger partial charge < -0.3 is 25.2 Å². The number of piperazine rings is 1. The molecular formula is C20H34IN5O2. The van der Waals surface area contributed by atoms with E-state index in [1.54, 1.807) is 4.90 Å². The molecule has 0 aromatic heterocycles. The number of carbonyl (C=O) groups is 1. The smallest absolute Gasteiger partial charge is 0.410 e. The Morgan fingerprint density at radius 3 is 2.07 bits per heavy atom. The average molecular weight is 503 g/mol. The van der Waals surface area contributed by atoms with Gasteiger partial charge in [0, 0.05) is 32.7 Å². The molecule has 1 aromatic rings. The average Bonchev–Trinajstić information content (AvgIpc) is 2.59. The highest BCUT2D eigenvalue weighted by atomic mass is 127. The summed E-state index contributed by atoms with van der Waals surface area (Å²) in [6.07, 6.45) is -0.268. The number of halogens is 1. The van der Waals surface area contributed by atoms with Crippen LogP contribution in [0.4, 0.5) is 4.79 Å². The van der Waals surface area contributed by atoms with Gasteiger partial charge in [-0.15, -0.1) is 24.0 Å². The van der Waals surface area contributed by atoms with Gasteiger partial charge >= 0.3 is 6.09 Å². The molecular weight excluding hydrogens is 469 g/mol. The van der Waals surface area contributed by atoms with Gasteiger partial charge in [-0.3, -0.25) is 0 Å². The van der Waals surface area contributed by atoms with Crippen molar-refractivity contribution in [2.75, 3.05) is 40.3 Å². The van der Waals surface area contributed by atoms with Crippen LogP contribution in [-0.2, 0) is 17.8 Å². The molecule has 1 saturated heterocycles. The summed E-state index contributed by atoms with van der Waals surface area (Å²) in [7, 11) is 4.11. The molecule has 1 fully saturated rings. The van der Waals surface area contributed by atoms with E-state index in [4.69, 9.17) is 10.5 Å². The Morgan fingerprint density at radius 2 is 1.57 bits per heavy atom. The van der Waals surface area contributed by atoms with Crippen LogP contribution in [0.3, 0.4) is 0 Å². The van der Waals surface area contributed by atoms with Crippen LogP contribution in [0.15, 0.2) is 29.3 Å². The maximum Gasteiger partial charge on any atom is 0.410 e. The predicted octanol–water partition coefficient (Wildman–Crippen LogP) is 2.73. The van der Waals surface area contributed by atoms with E-state index in [1.165, 1.54) is 5.56 Å². The summed E-state index contributed by atoms with van der Waals surface area (Å²) in [4.78, 5) is 22.5. The van der Waals surface area contributed by atoms with Gasteiger partial charge in [-0.25, -0.2) is 9.79 Å². The topological polar surface area (TPSA) is 74.4 Å². The minimum Gasteiger partial charge on any atom is -0.444 e. The van der Waals surface area contributed by atoms with E-state index in [0.29, 0.717) is 38.7 Å². The first-order chi connectivity index (χ1) is 12.6. The van der Waals surface area contributed by atoms with Crippen LogP contribution in [-0.4, -0.2) is 72.6 Å². The second-order valence-electron chi connectivity index (χ2n) is 8.18. The molecule has 1 aromatic carbocycles. The predicted molar refractivity (Wildman–Crippen MR) is 124 cm³/mol. The van der Waals surface area contributed by atoms with E-state index in [-0.39, 0.29) is 30.1 Å². The standard InChI is InChI=1S/C20H33N5O2.HI/c1-20(2,3)27-19(26)25-12-10-24(11-13-25)18(21)22-14-16-6-8-17(9-7-16)15-23(4)5;/h6-9H,10-15H2,1-5H3,(H2,21,22);1H. The van der Waals surface area contributed by atoms with Crippen LogP contribution in [0.5, 0.6) is 0 Å².